The van der Waals surface area contributed by atoms with Crippen LogP contribution in [0.1, 0.15) is 13.3 Å². The summed E-state index contributed by atoms with van der Waals surface area (Å²) < 4.78 is 0. The first-order valence-electron chi connectivity index (χ1n) is 4.11. The number of rotatable bonds is 4. The molecule has 0 aliphatic heterocycles. The van der Waals surface area contributed by atoms with Gasteiger partial charge < -0.3 is 5.11 Å². The van der Waals surface area contributed by atoms with Crippen LogP contribution in [0.3, 0.4) is 0 Å². The number of nitrogens with zero attached hydrogens (tertiary/aromatic N) is 1. The van der Waals surface area contributed by atoms with Crippen LogP contribution in [0.4, 0.5) is 0 Å². The minimum absolute atomic E-state index is 0.255. The van der Waals surface area contributed by atoms with Gasteiger partial charge in [-0.2, -0.15) is 0 Å². The van der Waals surface area contributed by atoms with Crippen molar-refractivity contribution in [3.05, 3.63) is 23.4 Å². The Hall–Kier alpha value is -0.250. The van der Waals surface area contributed by atoms with Crippen molar-refractivity contribution in [3.8, 4) is 0 Å². The summed E-state index contributed by atoms with van der Waals surface area (Å²) in [4.78, 5) is 4.12. The van der Waals surface area contributed by atoms with Crippen molar-refractivity contribution in [2.45, 2.75) is 24.5 Å². The molecule has 0 aromatic carbocycles. The Balaban J connectivity index is 2.41. The highest BCUT2D eigenvalue weighted by Crippen LogP contribution is 2.24. The van der Waals surface area contributed by atoms with E-state index >= 15 is 0 Å². The predicted molar refractivity (Wildman–Crippen MR) is 56.3 cm³/mol. The molecule has 1 aromatic rings. The predicted octanol–water partition coefficient (Wildman–Crippen LogP) is 2.60. The first kappa shape index (κ1) is 10.8. The van der Waals surface area contributed by atoms with Gasteiger partial charge >= 0.3 is 0 Å². The largest absolute Gasteiger partial charge is 0.393 e. The fraction of sp³-hybridized carbons (Fsp3) is 0.444. The number of hydrogen-bond acceptors (Lipinski definition) is 3. The maximum Gasteiger partial charge on any atom is 0.115 e. The van der Waals surface area contributed by atoms with Gasteiger partial charge in [0, 0.05) is 11.9 Å². The molecule has 72 valence electrons. The Morgan fingerprint density at radius 1 is 1.69 bits per heavy atom. The van der Waals surface area contributed by atoms with Gasteiger partial charge in [0.25, 0.3) is 0 Å². The summed E-state index contributed by atoms with van der Waals surface area (Å²) in [6, 6.07) is 3.63. The number of aliphatic hydroxyl groups excluding tert-OH is 1. The molecular formula is C9H12ClNOS. The molecule has 1 atom stereocenters. The first-order chi connectivity index (χ1) is 6.20. The number of pyridine rings is 1. The molecule has 0 aliphatic carbocycles. The van der Waals surface area contributed by atoms with Crippen molar-refractivity contribution < 1.29 is 5.11 Å². The molecule has 1 unspecified atom stereocenters. The second kappa shape index (κ2) is 5.47. The van der Waals surface area contributed by atoms with E-state index in [1.807, 2.05) is 6.07 Å². The Labute approximate surface area is 87.3 Å². The Morgan fingerprint density at radius 2 is 2.46 bits per heavy atom. The zero-order valence-electron chi connectivity index (χ0n) is 7.40. The van der Waals surface area contributed by atoms with Crippen molar-refractivity contribution in [2.75, 3.05) is 5.75 Å². The average molecular weight is 218 g/mol. The SMILES string of the molecule is CC(O)CCSc1ncccc1Cl. The molecule has 0 bridgehead atoms. The molecule has 1 N–H and O–H groups in total. The van der Waals surface area contributed by atoms with E-state index in [9.17, 15) is 0 Å². The van der Waals surface area contributed by atoms with Gasteiger partial charge in [0.2, 0.25) is 0 Å². The van der Waals surface area contributed by atoms with Crippen molar-refractivity contribution in [2.24, 2.45) is 0 Å². The zero-order chi connectivity index (χ0) is 9.68. The second-order valence-electron chi connectivity index (χ2n) is 2.78. The number of hydrogen-bond donors (Lipinski definition) is 1. The monoisotopic (exact) mass is 217 g/mol. The van der Waals surface area contributed by atoms with Gasteiger partial charge in [0.1, 0.15) is 5.03 Å². The van der Waals surface area contributed by atoms with Crippen LogP contribution >= 0.6 is 23.4 Å². The highest BCUT2D eigenvalue weighted by molar-refractivity contribution is 7.99. The van der Waals surface area contributed by atoms with E-state index in [0.29, 0.717) is 5.02 Å². The van der Waals surface area contributed by atoms with Crippen LogP contribution < -0.4 is 0 Å². The molecule has 0 aliphatic rings. The van der Waals surface area contributed by atoms with Crippen molar-refractivity contribution in [1.29, 1.82) is 0 Å². The van der Waals surface area contributed by atoms with Crippen LogP contribution in [0, 0.1) is 0 Å². The van der Waals surface area contributed by atoms with Gasteiger partial charge in [-0.15, -0.1) is 11.8 Å². The van der Waals surface area contributed by atoms with Crippen LogP contribution in [0.2, 0.25) is 5.02 Å². The average Bonchev–Trinajstić information content (AvgIpc) is 2.08. The lowest BCUT2D eigenvalue weighted by molar-refractivity contribution is 0.192. The number of aliphatic hydroxyl groups is 1. The second-order valence-corrected chi connectivity index (χ2v) is 4.27. The Morgan fingerprint density at radius 3 is 3.08 bits per heavy atom. The molecule has 0 saturated heterocycles. The molecule has 0 radical (unpaired) electrons. The molecule has 0 amide bonds. The molecule has 1 aromatic heterocycles. The summed E-state index contributed by atoms with van der Waals surface area (Å²) in [7, 11) is 0. The lowest BCUT2D eigenvalue weighted by Crippen LogP contribution is -2.00. The smallest absolute Gasteiger partial charge is 0.115 e. The summed E-state index contributed by atoms with van der Waals surface area (Å²) in [6.07, 6.45) is 2.23. The van der Waals surface area contributed by atoms with Crippen LogP contribution in [-0.4, -0.2) is 21.9 Å². The Kier molecular flexibility index (Phi) is 4.56. The minimum atomic E-state index is -0.255. The molecule has 1 heterocycles. The lowest BCUT2D eigenvalue weighted by atomic mass is 10.3. The van der Waals surface area contributed by atoms with E-state index in [2.05, 4.69) is 4.98 Å². The molecule has 0 spiro atoms. The number of thioether (sulfide) groups is 1. The van der Waals surface area contributed by atoms with Gasteiger partial charge in [-0.3, -0.25) is 0 Å². The van der Waals surface area contributed by atoms with Crippen molar-refractivity contribution in [3.63, 3.8) is 0 Å². The number of halogens is 1. The third-order valence-corrected chi connectivity index (χ3v) is 2.95. The Bertz CT molecular complexity index is 268. The van der Waals surface area contributed by atoms with Crippen molar-refractivity contribution >= 4 is 23.4 Å². The van der Waals surface area contributed by atoms with E-state index in [4.69, 9.17) is 16.7 Å². The summed E-state index contributed by atoms with van der Waals surface area (Å²) in [6.45, 7) is 1.78. The third kappa shape index (κ3) is 3.98. The standard InChI is InChI=1S/C9H12ClNOS/c1-7(12)4-6-13-9-8(10)3-2-5-11-9/h2-3,5,7,12H,4,6H2,1H3. The molecule has 13 heavy (non-hydrogen) atoms. The van der Waals surface area contributed by atoms with E-state index in [1.165, 1.54) is 0 Å². The summed E-state index contributed by atoms with van der Waals surface area (Å²) in [5, 5.41) is 10.5. The van der Waals surface area contributed by atoms with Crippen molar-refractivity contribution in [1.82, 2.24) is 4.98 Å². The lowest BCUT2D eigenvalue weighted by Gasteiger charge is -2.04. The maximum absolute atomic E-state index is 9.03. The molecule has 0 saturated carbocycles. The molecule has 0 fully saturated rings. The van der Waals surface area contributed by atoms with Gasteiger partial charge in [0.05, 0.1) is 11.1 Å². The molecular weight excluding hydrogens is 206 g/mol. The van der Waals surface area contributed by atoms with E-state index < -0.39 is 0 Å². The summed E-state index contributed by atoms with van der Waals surface area (Å²) in [5.74, 6) is 0.842. The van der Waals surface area contributed by atoms with Gasteiger partial charge in [0.15, 0.2) is 0 Å². The molecule has 2 nitrogen and oxygen atoms in total. The van der Waals surface area contributed by atoms with Crippen LogP contribution in [0.15, 0.2) is 23.4 Å². The number of aromatic nitrogens is 1. The molecule has 4 heteroatoms. The first-order valence-corrected chi connectivity index (χ1v) is 5.48. The van der Waals surface area contributed by atoms with E-state index in [-0.39, 0.29) is 6.10 Å². The van der Waals surface area contributed by atoms with E-state index in [0.717, 1.165) is 17.2 Å². The normalized spacial score (nSPS) is 12.8. The minimum Gasteiger partial charge on any atom is -0.393 e. The molecule has 1 rings (SSSR count). The fourth-order valence-electron chi connectivity index (χ4n) is 0.804. The summed E-state index contributed by atoms with van der Waals surface area (Å²) in [5.41, 5.74) is 0. The van der Waals surface area contributed by atoms with Gasteiger partial charge in [-0.05, 0) is 25.5 Å². The van der Waals surface area contributed by atoms with Crippen LogP contribution in [0.5, 0.6) is 0 Å². The summed E-state index contributed by atoms with van der Waals surface area (Å²) >= 11 is 7.47. The fourth-order valence-corrected chi connectivity index (χ4v) is 2.08. The highest BCUT2D eigenvalue weighted by Gasteiger charge is 2.02. The zero-order valence-corrected chi connectivity index (χ0v) is 8.98. The topological polar surface area (TPSA) is 33.1 Å². The highest BCUT2D eigenvalue weighted by atomic mass is 35.5. The third-order valence-electron chi connectivity index (χ3n) is 1.50. The van der Waals surface area contributed by atoms with Crippen LogP contribution in [0.25, 0.3) is 0 Å². The van der Waals surface area contributed by atoms with E-state index in [1.54, 1.807) is 30.9 Å². The van der Waals surface area contributed by atoms with Gasteiger partial charge in [-0.1, -0.05) is 11.6 Å². The quantitative estimate of drug-likeness (QED) is 0.788. The van der Waals surface area contributed by atoms with Gasteiger partial charge in [-0.25, -0.2) is 4.98 Å². The van der Waals surface area contributed by atoms with Crippen LogP contribution in [-0.2, 0) is 0 Å². The maximum atomic E-state index is 9.03.